The Kier molecular flexibility index (Phi) is 5.73. The first kappa shape index (κ1) is 23.8. The van der Waals surface area contributed by atoms with E-state index in [2.05, 4.69) is 5.10 Å². The van der Waals surface area contributed by atoms with Crippen molar-refractivity contribution in [1.29, 1.82) is 0 Å². The number of benzene rings is 2. The number of aromatic nitrogens is 2. The van der Waals surface area contributed by atoms with Gasteiger partial charge in [-0.1, -0.05) is 24.3 Å². The third-order valence-corrected chi connectivity index (χ3v) is 7.37. The highest BCUT2D eigenvalue weighted by molar-refractivity contribution is 5.97. The van der Waals surface area contributed by atoms with Gasteiger partial charge in [0, 0.05) is 18.0 Å². The minimum absolute atomic E-state index is 0.0872. The Hall–Kier alpha value is -3.88. The van der Waals surface area contributed by atoms with E-state index in [4.69, 9.17) is 0 Å². The smallest absolute Gasteiger partial charge is 0.313 e. The molecule has 2 atom stereocenters. The molecule has 2 aliphatic heterocycles. The van der Waals surface area contributed by atoms with Gasteiger partial charge in [-0.15, -0.1) is 0 Å². The molecule has 1 aromatic heterocycles. The lowest BCUT2D eigenvalue weighted by Gasteiger charge is -2.43. The zero-order valence-electron chi connectivity index (χ0n) is 19.8. The number of amides is 1. The van der Waals surface area contributed by atoms with E-state index in [-0.39, 0.29) is 17.3 Å². The largest absolute Gasteiger partial charge is 0.481 e. The molecule has 0 unspecified atom stereocenters. The first-order chi connectivity index (χ1) is 17.1. The van der Waals surface area contributed by atoms with Crippen LogP contribution in [0.1, 0.15) is 65.8 Å². The molecule has 0 spiro atoms. The third-order valence-electron chi connectivity index (χ3n) is 7.37. The van der Waals surface area contributed by atoms with Crippen molar-refractivity contribution >= 4 is 11.9 Å². The summed E-state index contributed by atoms with van der Waals surface area (Å²) in [4.78, 5) is 40.5. The molecule has 9 heteroatoms. The lowest BCUT2D eigenvalue weighted by molar-refractivity contribution is -0.142. The molecule has 0 radical (unpaired) electrons. The van der Waals surface area contributed by atoms with Crippen molar-refractivity contribution in [3.63, 3.8) is 0 Å². The molecule has 36 heavy (non-hydrogen) atoms. The molecule has 1 N–H and O–H groups in total. The molecule has 3 heterocycles. The standard InChI is InChI=1S/C27H25F2N3O4/c1-27(2,26(35)36)22-20(33)14-30-32-23(19-10-5-11-31(19)25(34)24(22)32)21(15-6-3-8-17(28)12-15)16-7-4-9-18(29)13-16/h3-4,6-9,12-14,19,21,23H,5,10-11H2,1-2H3,(H,35,36)/t19-,23-/m1/s1. The maximum Gasteiger partial charge on any atom is 0.313 e. The van der Waals surface area contributed by atoms with Gasteiger partial charge in [0.1, 0.15) is 17.3 Å². The van der Waals surface area contributed by atoms with Gasteiger partial charge >= 0.3 is 5.97 Å². The van der Waals surface area contributed by atoms with Gasteiger partial charge in [-0.2, -0.15) is 5.10 Å². The first-order valence-electron chi connectivity index (χ1n) is 11.8. The quantitative estimate of drug-likeness (QED) is 0.583. The number of carbonyl (C=O) groups is 2. The van der Waals surface area contributed by atoms with E-state index in [1.165, 1.54) is 42.8 Å². The summed E-state index contributed by atoms with van der Waals surface area (Å²) in [5.41, 5.74) is -1.45. The zero-order valence-corrected chi connectivity index (χ0v) is 19.8. The second kappa shape index (κ2) is 8.65. The van der Waals surface area contributed by atoms with Gasteiger partial charge in [-0.3, -0.25) is 19.1 Å². The molecule has 1 amide bonds. The topological polar surface area (TPSA) is 92.5 Å². The molecule has 7 nitrogen and oxygen atoms in total. The summed E-state index contributed by atoms with van der Waals surface area (Å²) >= 11 is 0. The summed E-state index contributed by atoms with van der Waals surface area (Å²) in [6.45, 7) is 3.18. The van der Waals surface area contributed by atoms with Crippen LogP contribution in [0, 0.1) is 11.6 Å². The predicted octanol–water partition coefficient (Wildman–Crippen LogP) is 3.88. The summed E-state index contributed by atoms with van der Waals surface area (Å²) in [5, 5.41) is 14.2. The van der Waals surface area contributed by atoms with Gasteiger partial charge in [-0.25, -0.2) is 8.78 Å². The highest BCUT2D eigenvalue weighted by atomic mass is 19.1. The average molecular weight is 494 g/mol. The predicted molar refractivity (Wildman–Crippen MR) is 127 cm³/mol. The molecule has 0 aliphatic carbocycles. The maximum atomic E-state index is 14.4. The normalized spacial score (nSPS) is 19.4. The van der Waals surface area contributed by atoms with Crippen LogP contribution >= 0.6 is 0 Å². The number of halogens is 2. The molecule has 0 bridgehead atoms. The van der Waals surface area contributed by atoms with Crippen molar-refractivity contribution in [1.82, 2.24) is 14.7 Å². The summed E-state index contributed by atoms with van der Waals surface area (Å²) in [6.07, 6.45) is 2.35. The Balaban J connectivity index is 1.83. The molecule has 1 saturated heterocycles. The van der Waals surface area contributed by atoms with E-state index < -0.39 is 46.3 Å². The van der Waals surface area contributed by atoms with E-state index in [0.717, 1.165) is 6.20 Å². The van der Waals surface area contributed by atoms with Crippen LogP contribution in [0.15, 0.2) is 59.5 Å². The number of carbonyl (C=O) groups excluding carboxylic acids is 1. The molecule has 2 aromatic carbocycles. The Bertz CT molecular complexity index is 1390. The number of hydrogen-bond donors (Lipinski definition) is 1. The molecular weight excluding hydrogens is 468 g/mol. The van der Waals surface area contributed by atoms with Gasteiger partial charge in [0.2, 0.25) is 5.43 Å². The molecule has 5 rings (SSSR count). The van der Waals surface area contributed by atoms with Gasteiger partial charge in [0.15, 0.2) is 0 Å². The molecular formula is C27H25F2N3O4. The average Bonchev–Trinajstić information content (AvgIpc) is 3.31. The van der Waals surface area contributed by atoms with Crippen LogP contribution < -0.4 is 5.43 Å². The van der Waals surface area contributed by atoms with E-state index in [1.54, 1.807) is 29.2 Å². The highest BCUT2D eigenvalue weighted by Gasteiger charge is 2.50. The fraction of sp³-hybridized carbons (Fsp3) is 0.333. The van der Waals surface area contributed by atoms with Gasteiger partial charge in [-0.05, 0) is 62.1 Å². The number of carboxylic acid groups (broad SMARTS) is 1. The van der Waals surface area contributed by atoms with Crippen LogP contribution in [0.2, 0.25) is 0 Å². The fourth-order valence-corrected chi connectivity index (χ4v) is 5.66. The van der Waals surface area contributed by atoms with Crippen LogP contribution in [0.4, 0.5) is 8.78 Å². The third kappa shape index (κ3) is 3.70. The van der Waals surface area contributed by atoms with Crippen molar-refractivity contribution in [3.8, 4) is 0 Å². The summed E-state index contributed by atoms with van der Waals surface area (Å²) in [6, 6.07) is 11.0. The number of hydrogen-bond acceptors (Lipinski definition) is 4. The van der Waals surface area contributed by atoms with Crippen molar-refractivity contribution in [2.75, 3.05) is 6.54 Å². The fourth-order valence-electron chi connectivity index (χ4n) is 5.66. The SMILES string of the molecule is CC(C)(C(=O)O)c1c2n(ncc1=O)[C@@H](C(c1cccc(F)c1)c1cccc(F)c1)[C@H]1CCCN1C2=O. The van der Waals surface area contributed by atoms with E-state index in [1.807, 2.05) is 0 Å². The van der Waals surface area contributed by atoms with Crippen molar-refractivity contribution in [3.05, 3.63) is 99.0 Å². The summed E-state index contributed by atoms with van der Waals surface area (Å²) in [5.74, 6) is -3.28. The second-order valence-electron chi connectivity index (χ2n) is 9.89. The van der Waals surface area contributed by atoms with E-state index in [9.17, 15) is 28.3 Å². The van der Waals surface area contributed by atoms with Crippen molar-refractivity contribution in [2.24, 2.45) is 0 Å². The number of rotatable bonds is 5. The van der Waals surface area contributed by atoms with E-state index >= 15 is 0 Å². The summed E-state index contributed by atoms with van der Waals surface area (Å²) in [7, 11) is 0. The summed E-state index contributed by atoms with van der Waals surface area (Å²) < 4.78 is 30.2. The van der Waals surface area contributed by atoms with Crippen LogP contribution in [0.3, 0.4) is 0 Å². The minimum atomic E-state index is -1.67. The maximum absolute atomic E-state index is 14.4. The Labute approximate surface area is 206 Å². The van der Waals surface area contributed by atoms with Crippen molar-refractivity contribution in [2.45, 2.75) is 50.1 Å². The van der Waals surface area contributed by atoms with Crippen molar-refractivity contribution < 1.29 is 23.5 Å². The van der Waals surface area contributed by atoms with Crippen LogP contribution in [-0.2, 0) is 10.2 Å². The number of aliphatic carboxylic acids is 1. The number of carboxylic acids is 1. The number of nitrogens with zero attached hydrogens (tertiary/aromatic N) is 3. The van der Waals surface area contributed by atoms with Gasteiger partial charge < -0.3 is 10.0 Å². The van der Waals surface area contributed by atoms with Gasteiger partial charge in [0.25, 0.3) is 5.91 Å². The monoisotopic (exact) mass is 493 g/mol. The Morgan fingerprint density at radius 3 is 2.25 bits per heavy atom. The van der Waals surface area contributed by atoms with Crippen LogP contribution in [0.5, 0.6) is 0 Å². The zero-order chi connectivity index (χ0) is 25.8. The lowest BCUT2D eigenvalue weighted by atomic mass is 9.78. The molecule has 186 valence electrons. The Morgan fingerprint density at radius 1 is 1.08 bits per heavy atom. The Morgan fingerprint density at radius 2 is 1.69 bits per heavy atom. The van der Waals surface area contributed by atoms with Gasteiger partial charge in [0.05, 0.1) is 23.7 Å². The van der Waals surface area contributed by atoms with Crippen LogP contribution in [-0.4, -0.2) is 44.3 Å². The molecule has 2 aliphatic rings. The first-order valence-corrected chi connectivity index (χ1v) is 11.8. The van der Waals surface area contributed by atoms with E-state index in [0.29, 0.717) is 30.5 Å². The van der Waals surface area contributed by atoms with Crippen LogP contribution in [0.25, 0.3) is 0 Å². The number of fused-ring (bicyclic) bond motifs is 2. The molecule has 0 saturated carbocycles. The highest BCUT2D eigenvalue weighted by Crippen LogP contribution is 2.46. The molecule has 1 fully saturated rings. The molecule has 3 aromatic rings. The minimum Gasteiger partial charge on any atom is -0.481 e. The second-order valence-corrected chi connectivity index (χ2v) is 9.89. The lowest BCUT2D eigenvalue weighted by Crippen LogP contribution is -2.53.